The fourth-order valence-electron chi connectivity index (χ4n) is 2.93. The van der Waals surface area contributed by atoms with Crippen molar-refractivity contribution in [3.63, 3.8) is 0 Å². The fraction of sp³-hybridized carbons (Fsp3) is 0.600. The van der Waals surface area contributed by atoms with Crippen LogP contribution in [0.15, 0.2) is 24.3 Å². The molecule has 2 rings (SSSR count). The van der Waals surface area contributed by atoms with E-state index in [0.717, 1.165) is 5.75 Å². The zero-order chi connectivity index (χ0) is 12.8. The van der Waals surface area contributed by atoms with Crippen molar-refractivity contribution in [3.8, 4) is 5.75 Å². The Morgan fingerprint density at radius 3 is 2.50 bits per heavy atom. The number of rotatable bonds is 5. The van der Waals surface area contributed by atoms with Crippen LogP contribution in [0.2, 0.25) is 0 Å². The zero-order valence-corrected chi connectivity index (χ0v) is 11.3. The molecule has 100 valence electrons. The summed E-state index contributed by atoms with van der Waals surface area (Å²) in [5.41, 5.74) is 4.37. The van der Waals surface area contributed by atoms with Gasteiger partial charge in [0.2, 0.25) is 0 Å². The second-order valence-corrected chi connectivity index (χ2v) is 4.94. The van der Waals surface area contributed by atoms with Gasteiger partial charge in [0.15, 0.2) is 0 Å². The lowest BCUT2D eigenvalue weighted by Crippen LogP contribution is -2.29. The Bertz CT molecular complexity index is 361. The fourth-order valence-corrected chi connectivity index (χ4v) is 2.93. The van der Waals surface area contributed by atoms with Gasteiger partial charge >= 0.3 is 0 Å². The average molecular weight is 249 g/mol. The normalized spacial score (nSPS) is 18.6. The third-order valence-corrected chi connectivity index (χ3v) is 3.84. The number of hydrogen-bond acceptors (Lipinski definition) is 3. The number of methoxy groups -OCH3 is 1. The molecule has 1 atom stereocenters. The highest BCUT2D eigenvalue weighted by Crippen LogP contribution is 2.37. The van der Waals surface area contributed by atoms with Crippen molar-refractivity contribution in [2.24, 2.45) is 5.92 Å². The van der Waals surface area contributed by atoms with Gasteiger partial charge in [-0.25, -0.2) is 0 Å². The summed E-state index contributed by atoms with van der Waals surface area (Å²) in [4.78, 5) is 5.21. The largest absolute Gasteiger partial charge is 0.496 e. The van der Waals surface area contributed by atoms with Crippen LogP contribution < -0.4 is 10.2 Å². The smallest absolute Gasteiger partial charge is 0.123 e. The Morgan fingerprint density at radius 2 is 1.83 bits per heavy atom. The predicted octanol–water partition coefficient (Wildman–Crippen LogP) is 3.47. The SMILES string of the molecule is CON[C@@H](c1ccccc1OC)C1CCCCC1. The molecule has 0 unspecified atom stereocenters. The van der Waals surface area contributed by atoms with Crippen molar-refractivity contribution in [3.05, 3.63) is 29.8 Å². The molecule has 0 bridgehead atoms. The second kappa shape index (κ2) is 6.76. The van der Waals surface area contributed by atoms with E-state index in [0.29, 0.717) is 5.92 Å². The Balaban J connectivity index is 2.22. The third-order valence-electron chi connectivity index (χ3n) is 3.84. The van der Waals surface area contributed by atoms with E-state index in [1.807, 2.05) is 12.1 Å². The average Bonchev–Trinajstić information content (AvgIpc) is 2.46. The maximum atomic E-state index is 5.47. The van der Waals surface area contributed by atoms with Gasteiger partial charge in [-0.2, -0.15) is 5.48 Å². The standard InChI is InChI=1S/C15H23NO2/c1-17-14-11-7-6-10-13(14)15(16-18-2)12-8-4-3-5-9-12/h6-7,10-12,15-16H,3-5,8-9H2,1-2H3/t15-/m1/s1. The van der Waals surface area contributed by atoms with Crippen LogP contribution in [0.1, 0.15) is 43.7 Å². The molecule has 0 saturated heterocycles. The van der Waals surface area contributed by atoms with Gasteiger partial charge in [-0.05, 0) is 24.8 Å². The van der Waals surface area contributed by atoms with Crippen LogP contribution in [-0.4, -0.2) is 14.2 Å². The lowest BCUT2D eigenvalue weighted by molar-refractivity contribution is 0.0324. The van der Waals surface area contributed by atoms with E-state index in [4.69, 9.17) is 9.57 Å². The first-order valence-electron chi connectivity index (χ1n) is 6.78. The van der Waals surface area contributed by atoms with Gasteiger partial charge in [-0.1, -0.05) is 37.5 Å². The van der Waals surface area contributed by atoms with Gasteiger partial charge in [-0.15, -0.1) is 0 Å². The Hall–Kier alpha value is -1.06. The van der Waals surface area contributed by atoms with Crippen molar-refractivity contribution in [2.75, 3.05) is 14.2 Å². The molecule has 3 heteroatoms. The molecule has 1 aliphatic carbocycles. The van der Waals surface area contributed by atoms with Gasteiger partial charge in [0.05, 0.1) is 20.3 Å². The molecule has 1 saturated carbocycles. The van der Waals surface area contributed by atoms with Crippen molar-refractivity contribution >= 4 is 0 Å². The summed E-state index contributed by atoms with van der Waals surface area (Å²) in [6.45, 7) is 0. The zero-order valence-electron chi connectivity index (χ0n) is 11.3. The van der Waals surface area contributed by atoms with Crippen molar-refractivity contribution < 1.29 is 9.57 Å². The maximum absolute atomic E-state index is 5.47. The van der Waals surface area contributed by atoms with Gasteiger partial charge in [-0.3, -0.25) is 0 Å². The van der Waals surface area contributed by atoms with E-state index in [-0.39, 0.29) is 6.04 Å². The van der Waals surface area contributed by atoms with Crippen molar-refractivity contribution in [1.82, 2.24) is 5.48 Å². The first-order valence-corrected chi connectivity index (χ1v) is 6.78. The summed E-state index contributed by atoms with van der Waals surface area (Å²) in [5.74, 6) is 1.58. The quantitative estimate of drug-likeness (QED) is 0.811. The Labute approximate surface area is 109 Å². The molecule has 1 N–H and O–H groups in total. The first-order chi connectivity index (χ1) is 8.86. The van der Waals surface area contributed by atoms with E-state index in [9.17, 15) is 0 Å². The Morgan fingerprint density at radius 1 is 1.11 bits per heavy atom. The topological polar surface area (TPSA) is 30.5 Å². The van der Waals surface area contributed by atoms with Crippen molar-refractivity contribution in [2.45, 2.75) is 38.1 Å². The van der Waals surface area contributed by atoms with E-state index in [1.54, 1.807) is 14.2 Å². The molecule has 0 aromatic heterocycles. The monoisotopic (exact) mass is 249 g/mol. The molecule has 0 heterocycles. The predicted molar refractivity (Wildman–Crippen MR) is 72.5 cm³/mol. The summed E-state index contributed by atoms with van der Waals surface area (Å²) in [6, 6.07) is 8.44. The highest BCUT2D eigenvalue weighted by atomic mass is 16.6. The Kier molecular flexibility index (Phi) is 5.02. The van der Waals surface area contributed by atoms with E-state index < -0.39 is 0 Å². The summed E-state index contributed by atoms with van der Waals surface area (Å²) in [7, 11) is 3.41. The van der Waals surface area contributed by atoms with Crippen LogP contribution in [0.5, 0.6) is 5.75 Å². The van der Waals surface area contributed by atoms with Gasteiger partial charge in [0, 0.05) is 5.56 Å². The molecular formula is C15H23NO2. The molecule has 1 aromatic carbocycles. The molecule has 0 aliphatic heterocycles. The second-order valence-electron chi connectivity index (χ2n) is 4.94. The first kappa shape index (κ1) is 13.4. The molecule has 0 amide bonds. The number of benzene rings is 1. The minimum Gasteiger partial charge on any atom is -0.496 e. The van der Waals surface area contributed by atoms with Gasteiger partial charge in [0.1, 0.15) is 5.75 Å². The molecule has 1 aliphatic rings. The number of hydrogen-bond donors (Lipinski definition) is 1. The summed E-state index contributed by atoms with van der Waals surface area (Å²) in [6.07, 6.45) is 6.53. The van der Waals surface area contributed by atoms with E-state index in [1.165, 1.54) is 37.7 Å². The molecule has 18 heavy (non-hydrogen) atoms. The number of ether oxygens (including phenoxy) is 1. The van der Waals surface area contributed by atoms with Crippen LogP contribution in [0.4, 0.5) is 0 Å². The molecule has 1 aromatic rings. The summed E-state index contributed by atoms with van der Waals surface area (Å²) < 4.78 is 5.47. The highest BCUT2D eigenvalue weighted by molar-refractivity contribution is 5.36. The number of para-hydroxylation sites is 1. The van der Waals surface area contributed by atoms with Gasteiger partial charge < -0.3 is 9.57 Å². The van der Waals surface area contributed by atoms with E-state index in [2.05, 4.69) is 17.6 Å². The minimum absolute atomic E-state index is 0.228. The molecule has 3 nitrogen and oxygen atoms in total. The lowest BCUT2D eigenvalue weighted by atomic mass is 9.81. The maximum Gasteiger partial charge on any atom is 0.123 e. The lowest BCUT2D eigenvalue weighted by Gasteiger charge is -2.31. The molecule has 0 spiro atoms. The summed E-state index contributed by atoms with van der Waals surface area (Å²) >= 11 is 0. The molecular weight excluding hydrogens is 226 g/mol. The van der Waals surface area contributed by atoms with Crippen LogP contribution in [0, 0.1) is 5.92 Å². The highest BCUT2D eigenvalue weighted by Gasteiger charge is 2.27. The van der Waals surface area contributed by atoms with Crippen LogP contribution >= 0.6 is 0 Å². The van der Waals surface area contributed by atoms with Crippen LogP contribution in [0.3, 0.4) is 0 Å². The number of hydroxylamine groups is 1. The van der Waals surface area contributed by atoms with Gasteiger partial charge in [0.25, 0.3) is 0 Å². The third kappa shape index (κ3) is 3.03. The van der Waals surface area contributed by atoms with E-state index >= 15 is 0 Å². The summed E-state index contributed by atoms with van der Waals surface area (Å²) in [5, 5.41) is 0. The van der Waals surface area contributed by atoms with Crippen molar-refractivity contribution in [1.29, 1.82) is 0 Å². The van der Waals surface area contributed by atoms with Crippen LogP contribution in [-0.2, 0) is 4.84 Å². The molecule has 0 radical (unpaired) electrons. The number of nitrogens with one attached hydrogen (secondary N) is 1. The minimum atomic E-state index is 0.228. The van der Waals surface area contributed by atoms with Crippen LogP contribution in [0.25, 0.3) is 0 Å². The molecule has 1 fully saturated rings.